The molecule has 0 aromatic heterocycles. The fourth-order valence-electron chi connectivity index (χ4n) is 1.76. The number of aryl methyl sites for hydroxylation is 1. The molecule has 2 rings (SSSR count). The van der Waals surface area contributed by atoms with E-state index in [4.69, 9.17) is 0 Å². The first-order chi connectivity index (χ1) is 9.47. The number of carbonyl (C=O) groups excluding carboxylic acids is 2. The first-order valence-electron chi connectivity index (χ1n) is 6.05. The maximum atomic E-state index is 13.0. The highest BCUT2D eigenvalue weighted by Crippen LogP contribution is 2.13. The monoisotopic (exact) mass is 274 g/mol. The van der Waals surface area contributed by atoms with Gasteiger partial charge in [0.2, 0.25) is 0 Å². The molecule has 2 aromatic carbocycles. The van der Waals surface area contributed by atoms with Gasteiger partial charge in [0, 0.05) is 11.1 Å². The van der Waals surface area contributed by atoms with E-state index in [-0.39, 0.29) is 17.8 Å². The molecule has 0 aliphatic rings. The van der Waals surface area contributed by atoms with E-state index in [9.17, 15) is 18.4 Å². The lowest BCUT2D eigenvalue weighted by atomic mass is 10.0. The number of halogens is 2. The van der Waals surface area contributed by atoms with E-state index in [0.717, 1.165) is 17.7 Å². The van der Waals surface area contributed by atoms with Crippen LogP contribution in [0.4, 0.5) is 8.78 Å². The third-order valence-corrected chi connectivity index (χ3v) is 2.94. The van der Waals surface area contributed by atoms with Gasteiger partial charge < -0.3 is 0 Å². The van der Waals surface area contributed by atoms with Crippen molar-refractivity contribution in [2.75, 3.05) is 0 Å². The van der Waals surface area contributed by atoms with Crippen LogP contribution in [0.1, 0.15) is 32.7 Å². The minimum absolute atomic E-state index is 0.00985. The third kappa shape index (κ3) is 3.15. The summed E-state index contributed by atoms with van der Waals surface area (Å²) in [6.07, 6.45) is -0.367. The van der Waals surface area contributed by atoms with Gasteiger partial charge in [-0.05, 0) is 25.1 Å². The molecule has 0 heterocycles. The Morgan fingerprint density at radius 2 is 1.40 bits per heavy atom. The number of rotatable bonds is 4. The number of hydrogen-bond acceptors (Lipinski definition) is 2. The van der Waals surface area contributed by atoms with E-state index in [1.807, 2.05) is 6.92 Å². The Morgan fingerprint density at radius 3 is 2.00 bits per heavy atom. The zero-order valence-electron chi connectivity index (χ0n) is 10.8. The smallest absolute Gasteiger partial charge is 0.170 e. The molecule has 0 saturated heterocycles. The molecule has 102 valence electrons. The van der Waals surface area contributed by atoms with E-state index < -0.39 is 17.4 Å². The molecule has 0 spiro atoms. The van der Waals surface area contributed by atoms with Crippen LogP contribution < -0.4 is 0 Å². The van der Waals surface area contributed by atoms with Crippen molar-refractivity contribution in [2.24, 2.45) is 0 Å². The minimum atomic E-state index is -1.10. The van der Waals surface area contributed by atoms with Crippen LogP contribution in [0.25, 0.3) is 0 Å². The second-order valence-corrected chi connectivity index (χ2v) is 4.52. The molecule has 0 amide bonds. The quantitative estimate of drug-likeness (QED) is 0.629. The van der Waals surface area contributed by atoms with Crippen molar-refractivity contribution in [3.8, 4) is 0 Å². The van der Waals surface area contributed by atoms with E-state index in [2.05, 4.69) is 0 Å². The van der Waals surface area contributed by atoms with Gasteiger partial charge in [-0.2, -0.15) is 0 Å². The van der Waals surface area contributed by atoms with Gasteiger partial charge in [-0.3, -0.25) is 9.59 Å². The van der Waals surface area contributed by atoms with Crippen molar-refractivity contribution in [3.05, 3.63) is 70.8 Å². The van der Waals surface area contributed by atoms with E-state index in [0.29, 0.717) is 5.56 Å². The van der Waals surface area contributed by atoms with Crippen molar-refractivity contribution in [2.45, 2.75) is 13.3 Å². The van der Waals surface area contributed by atoms with E-state index in [1.54, 1.807) is 24.3 Å². The summed E-state index contributed by atoms with van der Waals surface area (Å²) in [7, 11) is 0. The van der Waals surface area contributed by atoms with Crippen LogP contribution in [0.3, 0.4) is 0 Å². The molecule has 2 nitrogen and oxygen atoms in total. The number of carbonyl (C=O) groups is 2. The first-order valence-corrected chi connectivity index (χ1v) is 6.05. The number of ketones is 2. The Kier molecular flexibility index (Phi) is 4.03. The van der Waals surface area contributed by atoms with Crippen LogP contribution in [0.5, 0.6) is 0 Å². The van der Waals surface area contributed by atoms with Gasteiger partial charge in [0.25, 0.3) is 0 Å². The maximum absolute atomic E-state index is 13.0. The maximum Gasteiger partial charge on any atom is 0.170 e. The van der Waals surface area contributed by atoms with Crippen LogP contribution in [-0.4, -0.2) is 11.6 Å². The summed E-state index contributed by atoms with van der Waals surface area (Å²) in [6, 6.07) is 9.67. The Labute approximate surface area is 115 Å². The molecule has 2 aromatic rings. The molecule has 0 saturated carbocycles. The van der Waals surface area contributed by atoms with Crippen LogP contribution in [0, 0.1) is 18.6 Å². The highest BCUT2D eigenvalue weighted by atomic mass is 19.2. The van der Waals surface area contributed by atoms with Gasteiger partial charge in [-0.1, -0.05) is 29.8 Å². The largest absolute Gasteiger partial charge is 0.294 e. The summed E-state index contributed by atoms with van der Waals surface area (Å²) in [5.74, 6) is -3.00. The van der Waals surface area contributed by atoms with Crippen molar-refractivity contribution in [1.82, 2.24) is 0 Å². The lowest BCUT2D eigenvalue weighted by Crippen LogP contribution is -2.09. The summed E-state index contributed by atoms with van der Waals surface area (Å²) in [6.45, 7) is 1.89. The second-order valence-electron chi connectivity index (χ2n) is 4.52. The van der Waals surface area contributed by atoms with Crippen LogP contribution in [0.2, 0.25) is 0 Å². The molecule has 0 bridgehead atoms. The fourth-order valence-corrected chi connectivity index (χ4v) is 1.76. The summed E-state index contributed by atoms with van der Waals surface area (Å²) in [5.41, 5.74) is 1.42. The van der Waals surface area contributed by atoms with Crippen molar-refractivity contribution in [3.63, 3.8) is 0 Å². The number of hydrogen-bond donors (Lipinski definition) is 0. The molecule has 0 aliphatic carbocycles. The first kappa shape index (κ1) is 14.1. The predicted molar refractivity (Wildman–Crippen MR) is 70.8 cm³/mol. The summed E-state index contributed by atoms with van der Waals surface area (Å²) in [5, 5.41) is 0. The standard InChI is InChI=1S/C16H12F2O2/c1-10-2-4-11(5-3-10)15(19)9-16(20)12-6-7-13(17)14(18)8-12/h2-8H,9H2,1H3. The lowest BCUT2D eigenvalue weighted by molar-refractivity contribution is 0.0894. The van der Waals surface area contributed by atoms with Gasteiger partial charge >= 0.3 is 0 Å². The molecular weight excluding hydrogens is 262 g/mol. The Balaban J connectivity index is 2.13. The molecule has 0 atom stereocenters. The van der Waals surface area contributed by atoms with Crippen molar-refractivity contribution < 1.29 is 18.4 Å². The second kappa shape index (κ2) is 5.74. The van der Waals surface area contributed by atoms with Gasteiger partial charge in [0.05, 0.1) is 6.42 Å². The van der Waals surface area contributed by atoms with Gasteiger partial charge in [0.1, 0.15) is 0 Å². The van der Waals surface area contributed by atoms with Crippen LogP contribution in [-0.2, 0) is 0 Å². The molecule has 0 fully saturated rings. The SMILES string of the molecule is Cc1ccc(C(=O)CC(=O)c2ccc(F)c(F)c2)cc1. The highest BCUT2D eigenvalue weighted by molar-refractivity contribution is 6.13. The Morgan fingerprint density at radius 1 is 0.850 bits per heavy atom. The number of benzene rings is 2. The Hall–Kier alpha value is -2.36. The molecule has 0 N–H and O–H groups in total. The zero-order chi connectivity index (χ0) is 14.7. The van der Waals surface area contributed by atoms with Crippen molar-refractivity contribution >= 4 is 11.6 Å². The molecular formula is C16H12F2O2. The van der Waals surface area contributed by atoms with E-state index in [1.165, 1.54) is 6.07 Å². The normalized spacial score (nSPS) is 10.3. The van der Waals surface area contributed by atoms with Gasteiger partial charge in [-0.15, -0.1) is 0 Å². The molecule has 0 radical (unpaired) electrons. The summed E-state index contributed by atoms with van der Waals surface area (Å²) in [4.78, 5) is 23.8. The average Bonchev–Trinajstić information content (AvgIpc) is 2.42. The highest BCUT2D eigenvalue weighted by Gasteiger charge is 2.15. The van der Waals surface area contributed by atoms with Crippen LogP contribution in [0.15, 0.2) is 42.5 Å². The van der Waals surface area contributed by atoms with Gasteiger partial charge in [0.15, 0.2) is 23.2 Å². The zero-order valence-corrected chi connectivity index (χ0v) is 10.8. The molecule has 4 heteroatoms. The van der Waals surface area contributed by atoms with Gasteiger partial charge in [-0.25, -0.2) is 8.78 Å². The predicted octanol–water partition coefficient (Wildman–Crippen LogP) is 3.73. The molecule has 20 heavy (non-hydrogen) atoms. The molecule has 0 aliphatic heterocycles. The minimum Gasteiger partial charge on any atom is -0.294 e. The summed E-state index contributed by atoms with van der Waals surface area (Å²) >= 11 is 0. The average molecular weight is 274 g/mol. The van der Waals surface area contributed by atoms with E-state index >= 15 is 0 Å². The third-order valence-electron chi connectivity index (χ3n) is 2.94. The Bertz CT molecular complexity index is 661. The van der Waals surface area contributed by atoms with Crippen molar-refractivity contribution in [1.29, 1.82) is 0 Å². The number of Topliss-reactive ketones (excluding diaryl/α,β-unsaturated/α-hetero) is 2. The lowest BCUT2D eigenvalue weighted by Gasteiger charge is -2.03. The topological polar surface area (TPSA) is 34.1 Å². The summed E-state index contributed by atoms with van der Waals surface area (Å²) < 4.78 is 25.8. The molecule has 0 unspecified atom stereocenters. The fraction of sp³-hybridized carbons (Fsp3) is 0.125. The van der Waals surface area contributed by atoms with Crippen LogP contribution >= 0.6 is 0 Å².